The number of hydrogen-bond donors (Lipinski definition) is 3. The minimum atomic E-state index is -0.558. The van der Waals surface area contributed by atoms with Crippen molar-refractivity contribution >= 4 is 50.9 Å². The van der Waals surface area contributed by atoms with Crippen LogP contribution in [0.25, 0.3) is 55.3 Å². The normalized spacial score (nSPS) is 11.3. The number of pyridine rings is 3. The average Bonchev–Trinajstić information content (AvgIpc) is 3.67. The largest absolute Gasteiger partial charge is 0.335 e. The lowest BCUT2D eigenvalue weighted by molar-refractivity contribution is -0.115. The first kappa shape index (κ1) is 23.6. The van der Waals surface area contributed by atoms with E-state index >= 15 is 4.39 Å². The van der Waals surface area contributed by atoms with Gasteiger partial charge in [-0.1, -0.05) is 6.92 Å². The van der Waals surface area contributed by atoms with Crippen molar-refractivity contribution in [2.24, 2.45) is 0 Å². The topological polar surface area (TPSA) is 142 Å². The second-order valence-electron chi connectivity index (χ2n) is 8.51. The summed E-state index contributed by atoms with van der Waals surface area (Å²) in [5.41, 5.74) is 3.51. The number of Topliss-reactive ketones (excluding diaryl/α,β-unsaturated/α-hetero) is 1. The molecule has 188 valence electrons. The Morgan fingerprint density at radius 2 is 1.95 bits per heavy atom. The number of H-pyrrole nitrogens is 2. The van der Waals surface area contributed by atoms with Gasteiger partial charge in [0.15, 0.2) is 22.9 Å². The molecular weight excluding hydrogens is 507 g/mol. The molecule has 0 aliphatic carbocycles. The lowest BCUT2D eigenvalue weighted by atomic mass is 10.1. The van der Waals surface area contributed by atoms with E-state index in [2.05, 4.69) is 40.4 Å². The molecule has 1 amide bonds. The van der Waals surface area contributed by atoms with Gasteiger partial charge in [-0.25, -0.2) is 19.3 Å². The summed E-state index contributed by atoms with van der Waals surface area (Å²) in [6.07, 6.45) is 6.32. The molecule has 0 radical (unpaired) electrons. The van der Waals surface area contributed by atoms with Gasteiger partial charge in [0.2, 0.25) is 5.91 Å². The van der Waals surface area contributed by atoms with E-state index in [1.54, 1.807) is 25.3 Å². The molecule has 0 spiro atoms. The number of aromatic amines is 2. The lowest BCUT2D eigenvalue weighted by Gasteiger charge is -2.07. The monoisotopic (exact) mass is 526 g/mol. The van der Waals surface area contributed by atoms with E-state index in [1.807, 2.05) is 12.1 Å². The Morgan fingerprint density at radius 1 is 1.08 bits per heavy atom. The summed E-state index contributed by atoms with van der Waals surface area (Å²) in [6.45, 7) is 3.27. The van der Waals surface area contributed by atoms with Crippen molar-refractivity contribution in [1.29, 1.82) is 0 Å². The third kappa shape index (κ3) is 4.00. The molecule has 0 fully saturated rings. The molecule has 0 bridgehead atoms. The Morgan fingerprint density at radius 3 is 2.74 bits per heavy atom. The molecule has 6 rings (SSSR count). The zero-order valence-corrected chi connectivity index (χ0v) is 21.0. The van der Waals surface area contributed by atoms with E-state index < -0.39 is 5.82 Å². The van der Waals surface area contributed by atoms with Gasteiger partial charge in [0.1, 0.15) is 11.5 Å². The van der Waals surface area contributed by atoms with Crippen LogP contribution >= 0.6 is 11.3 Å². The Balaban J connectivity index is 1.45. The van der Waals surface area contributed by atoms with E-state index in [-0.39, 0.29) is 28.3 Å². The van der Waals surface area contributed by atoms with Crippen LogP contribution in [0.3, 0.4) is 0 Å². The molecule has 0 aliphatic rings. The highest BCUT2D eigenvalue weighted by atomic mass is 32.1. The maximum absolute atomic E-state index is 16.0. The van der Waals surface area contributed by atoms with Crippen LogP contribution in [0.2, 0.25) is 0 Å². The summed E-state index contributed by atoms with van der Waals surface area (Å²) in [5.74, 6) is -0.399. The molecule has 0 aliphatic heterocycles. The molecule has 12 heteroatoms. The number of hydrogen-bond acceptors (Lipinski definition) is 8. The highest BCUT2D eigenvalue weighted by Crippen LogP contribution is 2.36. The molecule has 3 N–H and O–H groups in total. The van der Waals surface area contributed by atoms with E-state index in [4.69, 9.17) is 0 Å². The second kappa shape index (κ2) is 9.23. The Hall–Kier alpha value is -4.84. The van der Waals surface area contributed by atoms with Crippen molar-refractivity contribution in [3.05, 3.63) is 59.7 Å². The number of fused-ring (bicyclic) bond motifs is 2. The van der Waals surface area contributed by atoms with Crippen molar-refractivity contribution in [2.45, 2.75) is 20.3 Å². The third-order valence-electron chi connectivity index (χ3n) is 6.02. The number of halogens is 1. The Kier molecular flexibility index (Phi) is 5.72. The third-order valence-corrected chi connectivity index (χ3v) is 7.24. The fraction of sp³-hybridized carbons (Fsp3) is 0.115. The summed E-state index contributed by atoms with van der Waals surface area (Å²) in [5, 5.41) is 9.90. The Bertz CT molecular complexity index is 1870. The standard InChI is InChI=1S/C26H19FN8O2S/c1-3-19(37)31-14-8-13(9-28-10-14)16-11-30-24-20(21(16)27)23(34-35-24)26-32-22-15(6-7-29-25(22)33-26)18-5-4-17(38-18)12(2)36/h4-11H,3H2,1-2H3,(H,31,37)(H,29,32,33)(H,30,34,35). The molecule has 0 saturated carbocycles. The molecule has 6 aromatic heterocycles. The number of imidazole rings is 1. The summed E-state index contributed by atoms with van der Waals surface area (Å²) in [7, 11) is 0. The van der Waals surface area contributed by atoms with Gasteiger partial charge in [-0.2, -0.15) is 5.10 Å². The molecule has 6 heterocycles. The van der Waals surface area contributed by atoms with Crippen LogP contribution in [0.4, 0.5) is 10.1 Å². The molecule has 0 aromatic carbocycles. The van der Waals surface area contributed by atoms with Crippen molar-refractivity contribution in [3.63, 3.8) is 0 Å². The van der Waals surface area contributed by atoms with Gasteiger partial charge in [-0.3, -0.25) is 19.7 Å². The quantitative estimate of drug-likeness (QED) is 0.247. The molecule has 0 saturated heterocycles. The van der Waals surface area contributed by atoms with Crippen molar-refractivity contribution in [3.8, 4) is 33.1 Å². The van der Waals surface area contributed by atoms with Gasteiger partial charge >= 0.3 is 0 Å². The van der Waals surface area contributed by atoms with Crippen LogP contribution < -0.4 is 5.32 Å². The number of ketones is 1. The number of thiophene rings is 1. The highest BCUT2D eigenvalue weighted by molar-refractivity contribution is 7.17. The first-order valence-corrected chi connectivity index (χ1v) is 12.5. The van der Waals surface area contributed by atoms with Crippen molar-refractivity contribution < 1.29 is 14.0 Å². The lowest BCUT2D eigenvalue weighted by Crippen LogP contribution is -2.09. The summed E-state index contributed by atoms with van der Waals surface area (Å²) < 4.78 is 16.0. The second-order valence-corrected chi connectivity index (χ2v) is 9.59. The number of anilines is 1. The van der Waals surface area contributed by atoms with Crippen molar-refractivity contribution in [1.82, 2.24) is 35.1 Å². The minimum Gasteiger partial charge on any atom is -0.335 e. The first-order chi connectivity index (χ1) is 18.4. The fourth-order valence-corrected chi connectivity index (χ4v) is 5.07. The van der Waals surface area contributed by atoms with E-state index in [0.717, 1.165) is 10.4 Å². The average molecular weight is 527 g/mol. The predicted molar refractivity (Wildman–Crippen MR) is 142 cm³/mol. The van der Waals surface area contributed by atoms with Gasteiger partial charge < -0.3 is 10.3 Å². The van der Waals surface area contributed by atoms with Gasteiger partial charge in [0.05, 0.1) is 27.7 Å². The van der Waals surface area contributed by atoms with Crippen LogP contribution in [0.5, 0.6) is 0 Å². The van der Waals surface area contributed by atoms with E-state index in [0.29, 0.717) is 45.2 Å². The van der Waals surface area contributed by atoms with Gasteiger partial charge in [-0.05, 0) is 31.2 Å². The van der Waals surface area contributed by atoms with Crippen LogP contribution in [0.1, 0.15) is 29.9 Å². The SMILES string of the molecule is CCC(=O)Nc1cncc(-c2cnc3n[nH]c(-c4nc5nccc(-c6ccc(C(C)=O)s6)c5[nH]4)c3c2F)c1. The van der Waals surface area contributed by atoms with Crippen LogP contribution in [-0.2, 0) is 4.79 Å². The van der Waals surface area contributed by atoms with Crippen LogP contribution in [0.15, 0.2) is 49.1 Å². The number of nitrogens with zero attached hydrogens (tertiary/aromatic N) is 5. The summed E-state index contributed by atoms with van der Waals surface area (Å²) in [6, 6.07) is 7.14. The molecule has 0 atom stereocenters. The van der Waals surface area contributed by atoms with Crippen LogP contribution in [0, 0.1) is 5.82 Å². The van der Waals surface area contributed by atoms with Gasteiger partial charge in [-0.15, -0.1) is 11.3 Å². The summed E-state index contributed by atoms with van der Waals surface area (Å²) in [4.78, 5) is 45.7. The zero-order chi connectivity index (χ0) is 26.4. The molecule has 6 aromatic rings. The number of amides is 1. The number of carbonyl (C=O) groups is 2. The minimum absolute atomic E-state index is 0.00644. The fourth-order valence-electron chi connectivity index (χ4n) is 4.13. The van der Waals surface area contributed by atoms with Crippen molar-refractivity contribution in [2.75, 3.05) is 5.32 Å². The molecular formula is C26H19FN8O2S. The highest BCUT2D eigenvalue weighted by Gasteiger charge is 2.22. The Labute approximate surface area is 218 Å². The molecule has 0 unspecified atom stereocenters. The number of carbonyl (C=O) groups excluding carboxylic acids is 2. The zero-order valence-electron chi connectivity index (χ0n) is 20.2. The maximum Gasteiger partial charge on any atom is 0.224 e. The molecule has 10 nitrogen and oxygen atoms in total. The van der Waals surface area contributed by atoms with Gasteiger partial charge in [0, 0.05) is 46.6 Å². The number of rotatable bonds is 6. The maximum atomic E-state index is 16.0. The van der Waals surface area contributed by atoms with Crippen LogP contribution in [-0.4, -0.2) is 46.8 Å². The van der Waals surface area contributed by atoms with Gasteiger partial charge in [0.25, 0.3) is 0 Å². The first-order valence-electron chi connectivity index (χ1n) is 11.7. The smallest absolute Gasteiger partial charge is 0.224 e. The number of aromatic nitrogens is 7. The molecule has 38 heavy (non-hydrogen) atoms. The van der Waals surface area contributed by atoms with E-state index in [1.165, 1.54) is 36.9 Å². The van der Waals surface area contributed by atoms with E-state index in [9.17, 15) is 9.59 Å². The predicted octanol–water partition coefficient (Wildman–Crippen LogP) is 5.38. The number of nitrogens with one attached hydrogen (secondary N) is 3. The summed E-state index contributed by atoms with van der Waals surface area (Å²) >= 11 is 1.38.